The third-order valence-electron chi connectivity index (χ3n) is 7.59. The van der Waals surface area contributed by atoms with Crippen molar-refractivity contribution in [1.82, 2.24) is 14.8 Å². The van der Waals surface area contributed by atoms with Gasteiger partial charge in [-0.05, 0) is 56.0 Å². The Morgan fingerprint density at radius 2 is 1.89 bits per heavy atom. The highest BCUT2D eigenvalue weighted by Gasteiger charge is 2.37. The van der Waals surface area contributed by atoms with E-state index in [1.165, 1.54) is 17.9 Å². The van der Waals surface area contributed by atoms with Crippen molar-refractivity contribution >= 4 is 16.6 Å². The van der Waals surface area contributed by atoms with Gasteiger partial charge in [0.2, 0.25) is 0 Å². The van der Waals surface area contributed by atoms with Gasteiger partial charge in [0.05, 0.1) is 24.9 Å². The normalized spacial score (nSPS) is 23.1. The molecule has 1 aromatic heterocycles. The number of hydrogen-bond acceptors (Lipinski definition) is 4. The van der Waals surface area contributed by atoms with E-state index in [4.69, 9.17) is 0 Å². The minimum absolute atomic E-state index is 0.118. The number of benzene rings is 2. The van der Waals surface area contributed by atoms with Crippen LogP contribution in [0.3, 0.4) is 0 Å². The van der Waals surface area contributed by atoms with Crippen LogP contribution < -0.4 is 5.32 Å². The lowest BCUT2D eigenvalue weighted by Crippen LogP contribution is -2.54. The Hall–Kier alpha value is -2.48. The van der Waals surface area contributed by atoms with Crippen LogP contribution in [0.1, 0.15) is 43.1 Å². The Morgan fingerprint density at radius 1 is 1.14 bits per heavy atom. The van der Waals surface area contributed by atoms with Crippen molar-refractivity contribution in [3.8, 4) is 0 Å². The van der Waals surface area contributed by atoms with E-state index in [0.29, 0.717) is 12.5 Å². The minimum Gasteiger partial charge on any atom is -0.390 e. The summed E-state index contributed by atoms with van der Waals surface area (Å²) in [6.45, 7) is 6.27. The number of alkyl halides is 2. The molecule has 1 saturated heterocycles. The summed E-state index contributed by atoms with van der Waals surface area (Å²) in [5.74, 6) is 0. The summed E-state index contributed by atoms with van der Waals surface area (Å²) in [5.41, 5.74) is 5.68. The summed E-state index contributed by atoms with van der Waals surface area (Å²) in [6, 6.07) is 17.2. The topological polar surface area (TPSA) is 54.5 Å². The van der Waals surface area contributed by atoms with Crippen LogP contribution in [0, 0.1) is 0 Å². The number of aromatic amines is 1. The second-order valence-corrected chi connectivity index (χ2v) is 10.2. The van der Waals surface area contributed by atoms with Crippen LogP contribution in [-0.2, 0) is 6.42 Å². The van der Waals surface area contributed by atoms with Crippen molar-refractivity contribution < 1.29 is 13.9 Å². The van der Waals surface area contributed by atoms with Gasteiger partial charge in [0.25, 0.3) is 0 Å². The van der Waals surface area contributed by atoms with Crippen molar-refractivity contribution in [3.05, 3.63) is 65.4 Å². The SMILES string of the molecule is CC(O)C(F)CN1[C@H](c2ccc(NC3CN(CCCF)C3)cc2)c2[nH]c3ccccc3c2C[C@H]1C. The molecule has 2 unspecified atom stereocenters. The fourth-order valence-electron chi connectivity index (χ4n) is 5.63. The number of aromatic nitrogens is 1. The van der Waals surface area contributed by atoms with Crippen molar-refractivity contribution in [3.63, 3.8) is 0 Å². The van der Waals surface area contributed by atoms with Gasteiger partial charge in [-0.3, -0.25) is 14.2 Å². The van der Waals surface area contributed by atoms with Crippen LogP contribution in [-0.4, -0.2) is 77.1 Å². The lowest BCUT2D eigenvalue weighted by molar-refractivity contribution is 0.0373. The smallest absolute Gasteiger partial charge is 0.138 e. The number of nitrogens with one attached hydrogen (secondary N) is 2. The van der Waals surface area contributed by atoms with E-state index in [-0.39, 0.29) is 25.3 Å². The van der Waals surface area contributed by atoms with Crippen molar-refractivity contribution in [1.29, 1.82) is 0 Å². The maximum absolute atomic E-state index is 14.8. The van der Waals surface area contributed by atoms with E-state index in [2.05, 4.69) is 69.5 Å². The number of para-hydroxylation sites is 1. The van der Waals surface area contributed by atoms with Gasteiger partial charge in [0, 0.05) is 54.5 Å². The highest BCUT2D eigenvalue weighted by atomic mass is 19.1. The number of fused-ring (bicyclic) bond motifs is 3. The number of H-pyrrole nitrogens is 1. The number of aliphatic hydroxyl groups excluding tert-OH is 1. The lowest BCUT2D eigenvalue weighted by Gasteiger charge is -2.42. The molecule has 0 bridgehead atoms. The molecule has 7 heteroatoms. The molecule has 2 aliphatic heterocycles. The molecule has 0 spiro atoms. The van der Waals surface area contributed by atoms with Crippen LogP contribution in [0.4, 0.5) is 14.5 Å². The molecular weight excluding hydrogens is 446 g/mol. The number of rotatable bonds is 9. The maximum atomic E-state index is 14.8. The molecule has 3 N–H and O–H groups in total. The van der Waals surface area contributed by atoms with E-state index in [9.17, 15) is 13.9 Å². The van der Waals surface area contributed by atoms with E-state index in [1.807, 2.05) is 6.07 Å². The fraction of sp³-hybridized carbons (Fsp3) is 0.500. The van der Waals surface area contributed by atoms with E-state index < -0.39 is 12.3 Å². The van der Waals surface area contributed by atoms with Crippen LogP contribution in [0.25, 0.3) is 10.9 Å². The first kappa shape index (κ1) is 24.2. The molecule has 188 valence electrons. The second-order valence-electron chi connectivity index (χ2n) is 10.2. The largest absolute Gasteiger partial charge is 0.390 e. The molecule has 5 nitrogen and oxygen atoms in total. The second kappa shape index (κ2) is 10.2. The van der Waals surface area contributed by atoms with Crippen LogP contribution in [0.2, 0.25) is 0 Å². The molecule has 0 saturated carbocycles. The number of halogens is 2. The van der Waals surface area contributed by atoms with E-state index >= 15 is 0 Å². The average Bonchev–Trinajstić information content (AvgIpc) is 3.19. The molecule has 3 heterocycles. The molecule has 0 amide bonds. The first-order chi connectivity index (χ1) is 16.9. The summed E-state index contributed by atoms with van der Waals surface area (Å²) in [5, 5.41) is 14.7. The summed E-state index contributed by atoms with van der Waals surface area (Å²) in [7, 11) is 0. The minimum atomic E-state index is -1.31. The van der Waals surface area contributed by atoms with Gasteiger partial charge in [-0.1, -0.05) is 30.3 Å². The quantitative estimate of drug-likeness (QED) is 0.415. The zero-order valence-corrected chi connectivity index (χ0v) is 20.6. The Bertz CT molecular complexity index is 1130. The monoisotopic (exact) mass is 482 g/mol. The predicted molar refractivity (Wildman–Crippen MR) is 137 cm³/mol. The molecule has 1 fully saturated rings. The van der Waals surface area contributed by atoms with Gasteiger partial charge in [-0.15, -0.1) is 0 Å². The highest BCUT2D eigenvalue weighted by Crippen LogP contribution is 2.41. The Kier molecular flexibility index (Phi) is 7.09. The third-order valence-corrected chi connectivity index (χ3v) is 7.59. The number of anilines is 1. The maximum Gasteiger partial charge on any atom is 0.138 e. The van der Waals surface area contributed by atoms with Gasteiger partial charge in [-0.25, -0.2) is 4.39 Å². The van der Waals surface area contributed by atoms with Gasteiger partial charge < -0.3 is 15.4 Å². The van der Waals surface area contributed by atoms with Crippen LogP contribution >= 0.6 is 0 Å². The van der Waals surface area contributed by atoms with Crippen LogP contribution in [0.5, 0.6) is 0 Å². The molecule has 2 aromatic carbocycles. The molecule has 5 rings (SSSR count). The number of hydrogen-bond donors (Lipinski definition) is 3. The van der Waals surface area contributed by atoms with Crippen molar-refractivity contribution in [2.45, 2.75) is 57.1 Å². The van der Waals surface area contributed by atoms with Gasteiger partial charge in [0.1, 0.15) is 6.17 Å². The van der Waals surface area contributed by atoms with E-state index in [1.54, 1.807) is 0 Å². The fourth-order valence-corrected chi connectivity index (χ4v) is 5.63. The van der Waals surface area contributed by atoms with Crippen molar-refractivity contribution in [2.24, 2.45) is 0 Å². The number of likely N-dealkylation sites (tertiary alicyclic amines) is 1. The highest BCUT2D eigenvalue weighted by molar-refractivity contribution is 5.85. The van der Waals surface area contributed by atoms with Crippen LogP contribution in [0.15, 0.2) is 48.5 Å². The van der Waals surface area contributed by atoms with Gasteiger partial charge >= 0.3 is 0 Å². The number of nitrogens with zero attached hydrogens (tertiary/aromatic N) is 2. The molecule has 0 aliphatic carbocycles. The molecular formula is C28H36F2N4O. The molecule has 3 aromatic rings. The molecule has 0 radical (unpaired) electrons. The third kappa shape index (κ3) is 4.95. The molecule has 4 atom stereocenters. The summed E-state index contributed by atoms with van der Waals surface area (Å²) in [6.07, 6.45) is -0.888. The lowest BCUT2D eigenvalue weighted by atomic mass is 9.88. The van der Waals surface area contributed by atoms with Gasteiger partial charge in [-0.2, -0.15) is 0 Å². The first-order valence-corrected chi connectivity index (χ1v) is 12.8. The molecule has 2 aliphatic rings. The summed E-state index contributed by atoms with van der Waals surface area (Å²) in [4.78, 5) is 8.08. The number of aliphatic hydroxyl groups is 1. The molecule has 35 heavy (non-hydrogen) atoms. The Balaban J connectivity index is 1.40. The first-order valence-electron chi connectivity index (χ1n) is 12.8. The standard InChI is InChI=1S/C28H36F2N4O/c1-18-14-24-23-6-3-4-7-26(23)32-27(24)28(34(18)17-25(30)19(2)35)20-8-10-21(11-9-20)31-22-15-33(16-22)13-5-12-29/h3-4,6-11,18-19,22,25,28,31-32,35H,5,12-17H2,1-2H3/t18-,19?,25?,28-/m1/s1. The van der Waals surface area contributed by atoms with Gasteiger partial charge in [0.15, 0.2) is 0 Å². The van der Waals surface area contributed by atoms with Crippen molar-refractivity contribution in [2.75, 3.05) is 38.2 Å². The predicted octanol–water partition coefficient (Wildman–Crippen LogP) is 4.68. The van der Waals surface area contributed by atoms with E-state index in [0.717, 1.165) is 48.5 Å². The Labute approximate surface area is 206 Å². The summed E-state index contributed by atoms with van der Waals surface area (Å²) >= 11 is 0. The Morgan fingerprint density at radius 3 is 2.60 bits per heavy atom. The zero-order chi connectivity index (χ0) is 24.5. The average molecular weight is 483 g/mol. The summed E-state index contributed by atoms with van der Waals surface area (Å²) < 4.78 is 27.2. The zero-order valence-electron chi connectivity index (χ0n) is 20.6.